The maximum Gasteiger partial charge on any atom is 0.134 e. The zero-order valence-electron chi connectivity index (χ0n) is 14.9. The summed E-state index contributed by atoms with van der Waals surface area (Å²) in [6.07, 6.45) is 0. The van der Waals surface area contributed by atoms with Crippen molar-refractivity contribution in [3.05, 3.63) is 93.2 Å². The zero-order valence-corrected chi connectivity index (χ0v) is 16.4. The maximum absolute atomic E-state index is 13.7. The van der Waals surface area contributed by atoms with E-state index in [4.69, 9.17) is 4.74 Å². The van der Waals surface area contributed by atoms with Crippen LogP contribution in [0.4, 0.5) is 10.1 Å². The van der Waals surface area contributed by atoms with E-state index in [1.54, 1.807) is 18.2 Å². The van der Waals surface area contributed by atoms with Gasteiger partial charge >= 0.3 is 0 Å². The third-order valence-electron chi connectivity index (χ3n) is 4.42. The van der Waals surface area contributed by atoms with Crippen molar-refractivity contribution >= 4 is 21.6 Å². The van der Waals surface area contributed by atoms with Crippen LogP contribution >= 0.6 is 15.9 Å². The van der Waals surface area contributed by atoms with Gasteiger partial charge in [0.15, 0.2) is 0 Å². The molecule has 0 heterocycles. The average Bonchev–Trinajstić information content (AvgIpc) is 2.63. The highest BCUT2D eigenvalue weighted by molar-refractivity contribution is 9.10. The van der Waals surface area contributed by atoms with Crippen molar-refractivity contribution in [3.8, 4) is 5.75 Å². The molecule has 0 saturated carbocycles. The highest BCUT2D eigenvalue weighted by atomic mass is 79.9. The molecule has 0 radical (unpaired) electrons. The largest absolute Gasteiger partial charge is 0.488 e. The maximum atomic E-state index is 13.7. The molecule has 1 N–H and O–H groups in total. The summed E-state index contributed by atoms with van der Waals surface area (Å²) in [6.45, 7) is 5.15. The Hall–Kier alpha value is -2.33. The summed E-state index contributed by atoms with van der Waals surface area (Å²) in [5, 5.41) is 3.47. The first-order valence-electron chi connectivity index (χ1n) is 8.49. The summed E-state index contributed by atoms with van der Waals surface area (Å²) in [4.78, 5) is 0. The topological polar surface area (TPSA) is 21.3 Å². The van der Waals surface area contributed by atoms with E-state index < -0.39 is 0 Å². The van der Waals surface area contributed by atoms with E-state index in [0.717, 1.165) is 22.3 Å². The summed E-state index contributed by atoms with van der Waals surface area (Å²) in [5.74, 6) is 0.446. The first-order valence-corrected chi connectivity index (χ1v) is 9.28. The molecule has 0 spiro atoms. The van der Waals surface area contributed by atoms with Gasteiger partial charge in [-0.2, -0.15) is 0 Å². The van der Waals surface area contributed by atoms with E-state index >= 15 is 0 Å². The number of ether oxygens (including phenoxy) is 1. The van der Waals surface area contributed by atoms with Gasteiger partial charge in [-0.15, -0.1) is 0 Å². The van der Waals surface area contributed by atoms with E-state index in [9.17, 15) is 4.39 Å². The van der Waals surface area contributed by atoms with Gasteiger partial charge in [-0.25, -0.2) is 4.39 Å². The second kappa shape index (κ2) is 8.37. The van der Waals surface area contributed by atoms with Crippen LogP contribution < -0.4 is 10.1 Å². The number of aryl methyl sites for hydroxylation is 1. The first kappa shape index (κ1) is 18.5. The summed E-state index contributed by atoms with van der Waals surface area (Å²) in [7, 11) is 0. The Labute approximate surface area is 162 Å². The van der Waals surface area contributed by atoms with E-state index in [2.05, 4.69) is 53.3 Å². The van der Waals surface area contributed by atoms with Gasteiger partial charge in [0.05, 0.1) is 4.47 Å². The number of anilines is 1. The standard InChI is InChI=1S/C22H21BrFNO/c1-15-6-5-9-21(16(15)2)25-13-17-10-11-22(19(23)12-17)26-14-18-7-3-4-8-20(18)24/h3-12,25H,13-14H2,1-2H3. The molecule has 4 heteroatoms. The number of hydrogen-bond acceptors (Lipinski definition) is 2. The van der Waals surface area contributed by atoms with Crippen molar-refractivity contribution < 1.29 is 9.13 Å². The number of halogens is 2. The van der Waals surface area contributed by atoms with Crippen LogP contribution in [0.15, 0.2) is 65.1 Å². The van der Waals surface area contributed by atoms with Crippen molar-refractivity contribution in [1.29, 1.82) is 0 Å². The normalized spacial score (nSPS) is 10.6. The van der Waals surface area contributed by atoms with E-state index in [0.29, 0.717) is 11.3 Å². The highest BCUT2D eigenvalue weighted by Gasteiger charge is 2.07. The molecule has 2 nitrogen and oxygen atoms in total. The molecule has 0 saturated heterocycles. The van der Waals surface area contributed by atoms with E-state index in [1.165, 1.54) is 17.2 Å². The minimum Gasteiger partial charge on any atom is -0.488 e. The molecule has 0 aromatic heterocycles. The number of benzene rings is 3. The van der Waals surface area contributed by atoms with Crippen molar-refractivity contribution in [2.45, 2.75) is 27.0 Å². The van der Waals surface area contributed by atoms with Crippen molar-refractivity contribution in [2.24, 2.45) is 0 Å². The molecule has 0 aliphatic carbocycles. The van der Waals surface area contributed by atoms with Crippen LogP contribution in [0.5, 0.6) is 5.75 Å². The Balaban J connectivity index is 1.64. The van der Waals surface area contributed by atoms with Crippen LogP contribution in [-0.2, 0) is 13.2 Å². The Kier molecular flexibility index (Phi) is 5.94. The summed E-state index contributed by atoms with van der Waals surface area (Å²) in [6, 6.07) is 18.8. The summed E-state index contributed by atoms with van der Waals surface area (Å²) in [5.41, 5.74) is 5.35. The molecular weight excluding hydrogens is 393 g/mol. The molecule has 0 aliphatic rings. The van der Waals surface area contributed by atoms with Gasteiger partial charge in [-0.05, 0) is 70.7 Å². The SMILES string of the molecule is Cc1cccc(NCc2ccc(OCc3ccccc3F)c(Br)c2)c1C. The molecule has 134 valence electrons. The van der Waals surface area contributed by atoms with Crippen LogP contribution in [0.3, 0.4) is 0 Å². The molecule has 0 atom stereocenters. The Morgan fingerprint density at radius 3 is 2.58 bits per heavy atom. The van der Waals surface area contributed by atoms with Crippen LogP contribution in [-0.4, -0.2) is 0 Å². The molecule has 0 unspecified atom stereocenters. The van der Waals surface area contributed by atoms with Gasteiger partial charge in [0.25, 0.3) is 0 Å². The Morgan fingerprint density at radius 1 is 1.00 bits per heavy atom. The lowest BCUT2D eigenvalue weighted by Gasteiger charge is -2.13. The minimum absolute atomic E-state index is 0.200. The minimum atomic E-state index is -0.252. The van der Waals surface area contributed by atoms with E-state index in [-0.39, 0.29) is 12.4 Å². The van der Waals surface area contributed by atoms with Gasteiger partial charge in [0.1, 0.15) is 18.2 Å². The third kappa shape index (κ3) is 4.44. The predicted octanol–water partition coefficient (Wildman–Crippen LogP) is 6.40. The predicted molar refractivity (Wildman–Crippen MR) is 108 cm³/mol. The van der Waals surface area contributed by atoms with Gasteiger partial charge in [0.2, 0.25) is 0 Å². The molecule has 0 amide bonds. The number of nitrogens with one attached hydrogen (secondary N) is 1. The van der Waals surface area contributed by atoms with Gasteiger partial charge in [0, 0.05) is 17.8 Å². The fraction of sp³-hybridized carbons (Fsp3) is 0.182. The highest BCUT2D eigenvalue weighted by Crippen LogP contribution is 2.28. The summed E-state index contributed by atoms with van der Waals surface area (Å²) >= 11 is 3.55. The molecule has 3 aromatic carbocycles. The van der Waals surface area contributed by atoms with Crippen LogP contribution in [0.1, 0.15) is 22.3 Å². The molecule has 0 aliphatic heterocycles. The molecule has 26 heavy (non-hydrogen) atoms. The number of hydrogen-bond donors (Lipinski definition) is 1. The van der Waals surface area contributed by atoms with Crippen molar-refractivity contribution in [3.63, 3.8) is 0 Å². The van der Waals surface area contributed by atoms with Crippen LogP contribution in [0.2, 0.25) is 0 Å². The van der Waals surface area contributed by atoms with Crippen LogP contribution in [0, 0.1) is 19.7 Å². The summed E-state index contributed by atoms with van der Waals surface area (Å²) < 4.78 is 20.3. The zero-order chi connectivity index (χ0) is 18.5. The van der Waals surface area contributed by atoms with Crippen molar-refractivity contribution in [1.82, 2.24) is 0 Å². The van der Waals surface area contributed by atoms with Gasteiger partial charge in [-0.1, -0.05) is 36.4 Å². The monoisotopic (exact) mass is 413 g/mol. The first-order chi connectivity index (χ1) is 12.5. The lowest BCUT2D eigenvalue weighted by molar-refractivity contribution is 0.298. The second-order valence-electron chi connectivity index (χ2n) is 6.25. The average molecular weight is 414 g/mol. The van der Waals surface area contributed by atoms with Gasteiger partial charge < -0.3 is 10.1 Å². The number of rotatable bonds is 6. The van der Waals surface area contributed by atoms with Crippen molar-refractivity contribution in [2.75, 3.05) is 5.32 Å². The van der Waals surface area contributed by atoms with Crippen LogP contribution in [0.25, 0.3) is 0 Å². The lowest BCUT2D eigenvalue weighted by atomic mass is 10.1. The second-order valence-corrected chi connectivity index (χ2v) is 7.10. The molecule has 0 fully saturated rings. The van der Waals surface area contributed by atoms with Gasteiger partial charge in [-0.3, -0.25) is 0 Å². The smallest absolute Gasteiger partial charge is 0.134 e. The fourth-order valence-corrected chi connectivity index (χ4v) is 3.22. The third-order valence-corrected chi connectivity index (χ3v) is 5.04. The Morgan fingerprint density at radius 2 is 1.81 bits per heavy atom. The fourth-order valence-electron chi connectivity index (χ4n) is 2.68. The molecular formula is C22H21BrFNO. The molecule has 3 rings (SSSR count). The molecule has 0 bridgehead atoms. The molecule has 3 aromatic rings. The van der Waals surface area contributed by atoms with E-state index in [1.807, 2.05) is 18.2 Å². The quantitative estimate of drug-likeness (QED) is 0.504. The Bertz CT molecular complexity index is 910. The lowest BCUT2D eigenvalue weighted by Crippen LogP contribution is -2.03.